The van der Waals surface area contributed by atoms with E-state index < -0.39 is 5.97 Å². The molecule has 0 radical (unpaired) electrons. The van der Waals surface area contributed by atoms with E-state index in [1.807, 2.05) is 19.1 Å². The topological polar surface area (TPSA) is 64.3 Å². The fraction of sp³-hybridized carbons (Fsp3) is 0.429. The SMILES string of the molecule is Cc1ccc(C#N)c(N(CCC(=O)O)C2CC2)c1. The van der Waals surface area contributed by atoms with E-state index in [0.29, 0.717) is 18.2 Å². The Kier molecular flexibility index (Phi) is 3.52. The van der Waals surface area contributed by atoms with E-state index in [9.17, 15) is 4.79 Å². The fourth-order valence-electron chi connectivity index (χ4n) is 2.08. The molecule has 4 nitrogen and oxygen atoms in total. The van der Waals surface area contributed by atoms with Gasteiger partial charge >= 0.3 is 5.97 Å². The second kappa shape index (κ2) is 5.09. The van der Waals surface area contributed by atoms with E-state index in [1.54, 1.807) is 6.07 Å². The van der Waals surface area contributed by atoms with Crippen LogP contribution in [0.25, 0.3) is 0 Å². The zero-order valence-corrected chi connectivity index (χ0v) is 10.4. The van der Waals surface area contributed by atoms with Crippen molar-refractivity contribution in [2.24, 2.45) is 0 Å². The van der Waals surface area contributed by atoms with Crippen molar-refractivity contribution in [3.8, 4) is 6.07 Å². The molecule has 1 fully saturated rings. The average molecular weight is 244 g/mol. The summed E-state index contributed by atoms with van der Waals surface area (Å²) in [5.74, 6) is -0.799. The van der Waals surface area contributed by atoms with Crippen LogP contribution in [0.3, 0.4) is 0 Å². The van der Waals surface area contributed by atoms with Crippen molar-refractivity contribution in [3.05, 3.63) is 29.3 Å². The summed E-state index contributed by atoms with van der Waals surface area (Å²) in [7, 11) is 0. The summed E-state index contributed by atoms with van der Waals surface area (Å²) in [6, 6.07) is 8.27. The van der Waals surface area contributed by atoms with Gasteiger partial charge in [-0.1, -0.05) is 6.07 Å². The third-order valence-corrected chi connectivity index (χ3v) is 3.14. The van der Waals surface area contributed by atoms with E-state index in [0.717, 1.165) is 24.1 Å². The maximum Gasteiger partial charge on any atom is 0.305 e. The fourth-order valence-corrected chi connectivity index (χ4v) is 2.08. The van der Waals surface area contributed by atoms with Crippen LogP contribution in [0, 0.1) is 18.3 Å². The highest BCUT2D eigenvalue weighted by atomic mass is 16.4. The first-order valence-corrected chi connectivity index (χ1v) is 6.11. The van der Waals surface area contributed by atoms with Gasteiger partial charge in [-0.3, -0.25) is 4.79 Å². The predicted molar refractivity (Wildman–Crippen MR) is 68.5 cm³/mol. The van der Waals surface area contributed by atoms with Crippen LogP contribution in [0.15, 0.2) is 18.2 Å². The molecular formula is C14H16N2O2. The van der Waals surface area contributed by atoms with Gasteiger partial charge in [0.15, 0.2) is 0 Å². The number of carboxylic acid groups (broad SMARTS) is 1. The summed E-state index contributed by atoms with van der Waals surface area (Å²) in [6.07, 6.45) is 2.27. The number of anilines is 1. The first-order valence-electron chi connectivity index (χ1n) is 6.11. The molecule has 0 bridgehead atoms. The van der Waals surface area contributed by atoms with Crippen molar-refractivity contribution in [2.75, 3.05) is 11.4 Å². The lowest BCUT2D eigenvalue weighted by Crippen LogP contribution is -2.29. The Morgan fingerprint density at radius 1 is 1.56 bits per heavy atom. The van der Waals surface area contributed by atoms with Gasteiger partial charge in [0.25, 0.3) is 0 Å². The predicted octanol–water partition coefficient (Wildman–Crippen LogP) is 2.31. The molecule has 0 heterocycles. The Labute approximate surface area is 106 Å². The van der Waals surface area contributed by atoms with Gasteiger partial charge in [0, 0.05) is 12.6 Å². The van der Waals surface area contributed by atoms with Gasteiger partial charge in [-0.05, 0) is 37.5 Å². The molecule has 1 aromatic carbocycles. The van der Waals surface area contributed by atoms with Crippen molar-refractivity contribution < 1.29 is 9.90 Å². The molecule has 0 aromatic heterocycles. The lowest BCUT2D eigenvalue weighted by Gasteiger charge is -2.25. The number of carbonyl (C=O) groups is 1. The van der Waals surface area contributed by atoms with Crippen molar-refractivity contribution >= 4 is 11.7 Å². The summed E-state index contributed by atoms with van der Waals surface area (Å²) < 4.78 is 0. The molecule has 4 heteroatoms. The maximum absolute atomic E-state index is 10.7. The number of aliphatic carboxylic acids is 1. The molecule has 94 valence electrons. The Morgan fingerprint density at radius 3 is 2.83 bits per heavy atom. The van der Waals surface area contributed by atoms with Crippen molar-refractivity contribution in [1.82, 2.24) is 0 Å². The van der Waals surface area contributed by atoms with Crippen LogP contribution < -0.4 is 4.90 Å². The van der Waals surface area contributed by atoms with Gasteiger partial charge in [-0.25, -0.2) is 0 Å². The van der Waals surface area contributed by atoms with E-state index in [2.05, 4.69) is 11.0 Å². The number of rotatable bonds is 5. The molecule has 18 heavy (non-hydrogen) atoms. The summed E-state index contributed by atoms with van der Waals surface area (Å²) in [5, 5.41) is 17.9. The second-order valence-corrected chi connectivity index (χ2v) is 4.70. The van der Waals surface area contributed by atoms with Crippen LogP contribution in [0.5, 0.6) is 0 Å². The van der Waals surface area contributed by atoms with Crippen LogP contribution >= 0.6 is 0 Å². The zero-order chi connectivity index (χ0) is 13.1. The molecule has 0 aliphatic heterocycles. The molecule has 0 saturated heterocycles. The van der Waals surface area contributed by atoms with Crippen LogP contribution in [-0.4, -0.2) is 23.7 Å². The molecule has 1 aliphatic rings. The lowest BCUT2D eigenvalue weighted by atomic mass is 10.1. The first kappa shape index (κ1) is 12.4. The summed E-state index contributed by atoms with van der Waals surface area (Å²) >= 11 is 0. The van der Waals surface area contributed by atoms with Crippen LogP contribution in [0.4, 0.5) is 5.69 Å². The van der Waals surface area contributed by atoms with Crippen molar-refractivity contribution in [2.45, 2.75) is 32.2 Å². The molecule has 0 unspecified atom stereocenters. The van der Waals surface area contributed by atoms with Gasteiger partial charge < -0.3 is 10.0 Å². The first-order chi connectivity index (χ1) is 8.61. The molecule has 0 amide bonds. The number of nitrogens with zero attached hydrogens (tertiary/aromatic N) is 2. The number of hydrogen-bond acceptors (Lipinski definition) is 3. The standard InChI is InChI=1S/C14H16N2O2/c1-10-2-3-11(9-15)13(8-10)16(12-4-5-12)7-6-14(17)18/h2-3,8,12H,4-7H2,1H3,(H,17,18). The molecule has 0 atom stereocenters. The maximum atomic E-state index is 10.7. The van der Waals surface area contributed by atoms with E-state index >= 15 is 0 Å². The van der Waals surface area contributed by atoms with E-state index in [4.69, 9.17) is 10.4 Å². The van der Waals surface area contributed by atoms with Crippen LogP contribution in [0.2, 0.25) is 0 Å². The normalized spacial score (nSPS) is 14.0. The molecule has 1 N–H and O–H groups in total. The largest absolute Gasteiger partial charge is 0.481 e. The van der Waals surface area contributed by atoms with Gasteiger partial charge in [-0.15, -0.1) is 0 Å². The van der Waals surface area contributed by atoms with Crippen LogP contribution in [-0.2, 0) is 4.79 Å². The Morgan fingerprint density at radius 2 is 2.28 bits per heavy atom. The second-order valence-electron chi connectivity index (χ2n) is 4.70. The molecule has 1 aliphatic carbocycles. The van der Waals surface area contributed by atoms with Gasteiger partial charge in [0.05, 0.1) is 17.7 Å². The Hall–Kier alpha value is -2.02. The third kappa shape index (κ3) is 2.80. The van der Waals surface area contributed by atoms with Gasteiger partial charge in [-0.2, -0.15) is 5.26 Å². The van der Waals surface area contributed by atoms with Crippen molar-refractivity contribution in [1.29, 1.82) is 5.26 Å². The van der Waals surface area contributed by atoms with Crippen molar-refractivity contribution in [3.63, 3.8) is 0 Å². The minimum atomic E-state index is -0.799. The highest BCUT2D eigenvalue weighted by Crippen LogP contribution is 2.34. The smallest absolute Gasteiger partial charge is 0.305 e. The minimum Gasteiger partial charge on any atom is -0.481 e. The quantitative estimate of drug-likeness (QED) is 0.863. The van der Waals surface area contributed by atoms with E-state index in [1.165, 1.54) is 0 Å². The van der Waals surface area contributed by atoms with Crippen LogP contribution in [0.1, 0.15) is 30.4 Å². The summed E-state index contributed by atoms with van der Waals surface area (Å²) in [6.45, 7) is 2.45. The number of carboxylic acids is 1. The van der Waals surface area contributed by atoms with Gasteiger partial charge in [0.2, 0.25) is 0 Å². The van der Waals surface area contributed by atoms with E-state index in [-0.39, 0.29) is 6.42 Å². The Balaban J connectivity index is 2.27. The number of benzene rings is 1. The molecule has 1 aromatic rings. The zero-order valence-electron chi connectivity index (χ0n) is 10.4. The Bertz CT molecular complexity index is 501. The summed E-state index contributed by atoms with van der Waals surface area (Å²) in [5.41, 5.74) is 2.59. The lowest BCUT2D eigenvalue weighted by molar-refractivity contribution is -0.136. The minimum absolute atomic E-state index is 0.106. The number of hydrogen-bond donors (Lipinski definition) is 1. The number of aryl methyl sites for hydroxylation is 1. The molecular weight excluding hydrogens is 228 g/mol. The van der Waals surface area contributed by atoms with Gasteiger partial charge in [0.1, 0.15) is 6.07 Å². The molecule has 2 rings (SSSR count). The average Bonchev–Trinajstić information content (AvgIpc) is 3.14. The monoisotopic (exact) mass is 244 g/mol. The summed E-state index contributed by atoms with van der Waals surface area (Å²) in [4.78, 5) is 12.8. The number of nitriles is 1. The molecule has 0 spiro atoms. The molecule has 1 saturated carbocycles. The highest BCUT2D eigenvalue weighted by Gasteiger charge is 2.30. The third-order valence-electron chi connectivity index (χ3n) is 3.14. The highest BCUT2D eigenvalue weighted by molar-refractivity contribution is 5.69.